The van der Waals surface area contributed by atoms with Gasteiger partial charge in [0.1, 0.15) is 0 Å². The van der Waals surface area contributed by atoms with Crippen LogP contribution in [0.25, 0.3) is 0 Å². The summed E-state index contributed by atoms with van der Waals surface area (Å²) in [5.41, 5.74) is 1.19. The van der Waals surface area contributed by atoms with E-state index in [2.05, 4.69) is 31.0 Å². The lowest BCUT2D eigenvalue weighted by atomic mass is 10.1. The second-order valence-electron chi connectivity index (χ2n) is 4.69. The summed E-state index contributed by atoms with van der Waals surface area (Å²) in [5, 5.41) is 3.52. The zero-order valence-corrected chi connectivity index (χ0v) is 13.8. The van der Waals surface area contributed by atoms with Gasteiger partial charge in [0, 0.05) is 33.4 Å². The largest absolute Gasteiger partial charge is 0.501 e. The summed E-state index contributed by atoms with van der Waals surface area (Å²) in [4.78, 5) is 0. The van der Waals surface area contributed by atoms with Crippen molar-refractivity contribution in [2.24, 2.45) is 0 Å². The zero-order chi connectivity index (χ0) is 15.0. The molecule has 5 heteroatoms. The molecule has 20 heavy (non-hydrogen) atoms. The van der Waals surface area contributed by atoms with Crippen LogP contribution >= 0.6 is 0 Å². The second-order valence-corrected chi connectivity index (χ2v) is 7.69. The molecule has 0 bridgehead atoms. The lowest BCUT2D eigenvalue weighted by molar-refractivity contribution is 0.120. The van der Waals surface area contributed by atoms with Crippen molar-refractivity contribution < 1.29 is 13.3 Å². The van der Waals surface area contributed by atoms with E-state index in [-0.39, 0.29) is 12.1 Å². The predicted octanol–water partition coefficient (Wildman–Crippen LogP) is 2.77. The minimum Gasteiger partial charge on any atom is -0.377 e. The molecule has 4 nitrogen and oxygen atoms in total. The SMILES string of the molecule is C=CC(NC(C)C[Si](OC)(OC)OC)c1ccccc1. The fourth-order valence-corrected chi connectivity index (χ4v) is 4.07. The van der Waals surface area contributed by atoms with Crippen LogP contribution in [0.5, 0.6) is 0 Å². The zero-order valence-electron chi connectivity index (χ0n) is 12.8. The van der Waals surface area contributed by atoms with E-state index in [1.807, 2.05) is 24.3 Å². The lowest BCUT2D eigenvalue weighted by Crippen LogP contribution is -2.48. The molecule has 0 radical (unpaired) electrons. The molecule has 2 unspecified atom stereocenters. The van der Waals surface area contributed by atoms with Gasteiger partial charge in [-0.2, -0.15) is 0 Å². The maximum absolute atomic E-state index is 5.46. The van der Waals surface area contributed by atoms with E-state index in [0.29, 0.717) is 6.04 Å². The standard InChI is InChI=1S/C15H25NO3Si/c1-6-15(14-10-8-7-9-11-14)16-13(2)12-20(17-3,18-4)19-5/h6-11,13,15-16H,1,12H2,2-5H3. The molecule has 0 aliphatic carbocycles. The van der Waals surface area contributed by atoms with Gasteiger partial charge in [-0.05, 0) is 12.5 Å². The number of rotatable bonds is 9. The summed E-state index contributed by atoms with van der Waals surface area (Å²) in [6.07, 6.45) is 1.90. The minimum atomic E-state index is -2.56. The molecule has 1 N–H and O–H groups in total. The highest BCUT2D eigenvalue weighted by molar-refractivity contribution is 6.60. The van der Waals surface area contributed by atoms with Crippen molar-refractivity contribution in [1.29, 1.82) is 0 Å². The lowest BCUT2D eigenvalue weighted by Gasteiger charge is -2.29. The van der Waals surface area contributed by atoms with Crippen LogP contribution in [0.3, 0.4) is 0 Å². The molecule has 0 saturated heterocycles. The van der Waals surface area contributed by atoms with Crippen LogP contribution in [0, 0.1) is 0 Å². The second kappa shape index (κ2) is 8.34. The molecule has 0 aliphatic rings. The Morgan fingerprint density at radius 3 is 2.15 bits per heavy atom. The highest BCUT2D eigenvalue weighted by atomic mass is 28.4. The Balaban J connectivity index is 2.68. The molecule has 0 fully saturated rings. The van der Waals surface area contributed by atoms with E-state index >= 15 is 0 Å². The van der Waals surface area contributed by atoms with Gasteiger partial charge in [-0.25, -0.2) is 0 Å². The van der Waals surface area contributed by atoms with Gasteiger partial charge < -0.3 is 18.6 Å². The number of hydrogen-bond donors (Lipinski definition) is 1. The minimum absolute atomic E-state index is 0.100. The van der Waals surface area contributed by atoms with Crippen molar-refractivity contribution in [3.8, 4) is 0 Å². The predicted molar refractivity (Wildman–Crippen MR) is 83.6 cm³/mol. The third-order valence-electron chi connectivity index (χ3n) is 3.35. The Morgan fingerprint density at radius 1 is 1.15 bits per heavy atom. The van der Waals surface area contributed by atoms with Crippen molar-refractivity contribution in [2.45, 2.75) is 25.1 Å². The van der Waals surface area contributed by atoms with Gasteiger partial charge in [0.25, 0.3) is 0 Å². The highest BCUT2D eigenvalue weighted by Gasteiger charge is 2.39. The molecule has 1 aromatic rings. The van der Waals surface area contributed by atoms with Gasteiger partial charge in [0.05, 0.1) is 6.04 Å². The molecule has 1 aromatic carbocycles. The molecule has 0 amide bonds. The van der Waals surface area contributed by atoms with Crippen LogP contribution in [0.2, 0.25) is 6.04 Å². The van der Waals surface area contributed by atoms with Gasteiger partial charge in [-0.15, -0.1) is 6.58 Å². The van der Waals surface area contributed by atoms with Crippen LogP contribution in [-0.4, -0.2) is 36.2 Å². The quantitative estimate of drug-likeness (QED) is 0.562. The first-order valence-corrected chi connectivity index (χ1v) is 8.63. The third kappa shape index (κ3) is 4.54. The van der Waals surface area contributed by atoms with E-state index < -0.39 is 8.80 Å². The van der Waals surface area contributed by atoms with E-state index in [4.69, 9.17) is 13.3 Å². The summed E-state index contributed by atoms with van der Waals surface area (Å²) in [6.45, 7) is 6.00. The summed E-state index contributed by atoms with van der Waals surface area (Å²) in [5.74, 6) is 0. The summed E-state index contributed by atoms with van der Waals surface area (Å²) < 4.78 is 16.4. The van der Waals surface area contributed by atoms with Crippen LogP contribution in [-0.2, 0) is 13.3 Å². The fourth-order valence-electron chi connectivity index (χ4n) is 2.20. The van der Waals surface area contributed by atoms with E-state index in [9.17, 15) is 0 Å². The smallest absolute Gasteiger partial charge is 0.377 e. The third-order valence-corrected chi connectivity index (χ3v) is 6.33. The maximum Gasteiger partial charge on any atom is 0.501 e. The Labute approximate surface area is 123 Å². The normalized spacial score (nSPS) is 14.8. The molecule has 0 aromatic heterocycles. The summed E-state index contributed by atoms with van der Waals surface area (Å²) in [7, 11) is 2.34. The Bertz CT molecular complexity index is 387. The van der Waals surface area contributed by atoms with Crippen LogP contribution in [0.1, 0.15) is 18.5 Å². The van der Waals surface area contributed by atoms with Gasteiger partial charge in [0.2, 0.25) is 0 Å². The molecule has 0 spiro atoms. The molecule has 2 atom stereocenters. The maximum atomic E-state index is 5.46. The van der Waals surface area contributed by atoms with Crippen molar-refractivity contribution in [2.75, 3.05) is 21.3 Å². The van der Waals surface area contributed by atoms with Crippen molar-refractivity contribution in [3.63, 3.8) is 0 Å². The Morgan fingerprint density at radius 2 is 1.70 bits per heavy atom. The number of benzene rings is 1. The highest BCUT2D eigenvalue weighted by Crippen LogP contribution is 2.19. The molecular formula is C15H25NO3Si. The topological polar surface area (TPSA) is 39.7 Å². The van der Waals surface area contributed by atoms with Crippen molar-refractivity contribution in [3.05, 3.63) is 48.6 Å². The van der Waals surface area contributed by atoms with Crippen molar-refractivity contribution in [1.82, 2.24) is 5.32 Å². The first-order valence-electron chi connectivity index (χ1n) is 6.69. The van der Waals surface area contributed by atoms with Gasteiger partial charge in [-0.3, -0.25) is 0 Å². The summed E-state index contributed by atoms with van der Waals surface area (Å²) >= 11 is 0. The molecule has 0 aliphatic heterocycles. The number of hydrogen-bond acceptors (Lipinski definition) is 4. The Kier molecular flexibility index (Phi) is 7.11. The Hall–Kier alpha value is -0.983. The molecular weight excluding hydrogens is 270 g/mol. The van der Waals surface area contributed by atoms with E-state index in [1.165, 1.54) is 5.56 Å². The average Bonchev–Trinajstić information content (AvgIpc) is 2.51. The van der Waals surface area contributed by atoms with E-state index in [1.54, 1.807) is 21.3 Å². The molecule has 0 saturated carbocycles. The molecule has 0 heterocycles. The van der Waals surface area contributed by atoms with Crippen molar-refractivity contribution >= 4 is 8.80 Å². The van der Waals surface area contributed by atoms with E-state index in [0.717, 1.165) is 0 Å². The van der Waals surface area contributed by atoms with Gasteiger partial charge in [0.15, 0.2) is 0 Å². The monoisotopic (exact) mass is 295 g/mol. The first kappa shape index (κ1) is 17.1. The van der Waals surface area contributed by atoms with Crippen LogP contribution in [0.4, 0.5) is 0 Å². The van der Waals surface area contributed by atoms with Crippen LogP contribution < -0.4 is 5.32 Å². The first-order chi connectivity index (χ1) is 9.60. The fraction of sp³-hybridized carbons (Fsp3) is 0.467. The van der Waals surface area contributed by atoms with Gasteiger partial charge in [-0.1, -0.05) is 36.4 Å². The molecule has 1 rings (SSSR count). The number of nitrogens with one attached hydrogen (secondary N) is 1. The van der Waals surface area contributed by atoms with Crippen LogP contribution in [0.15, 0.2) is 43.0 Å². The van der Waals surface area contributed by atoms with Gasteiger partial charge >= 0.3 is 8.80 Å². The molecule has 112 valence electrons. The average molecular weight is 295 g/mol. The summed E-state index contributed by atoms with van der Waals surface area (Å²) in [6, 6.07) is 11.2.